The highest BCUT2D eigenvalue weighted by molar-refractivity contribution is 5.81. The third kappa shape index (κ3) is 2.58. The predicted octanol–water partition coefficient (Wildman–Crippen LogP) is 4.40. The highest BCUT2D eigenvalue weighted by Crippen LogP contribution is 2.31. The molecule has 0 radical (unpaired) electrons. The quantitative estimate of drug-likeness (QED) is 0.775. The van der Waals surface area contributed by atoms with Crippen molar-refractivity contribution in [3.05, 3.63) is 29.7 Å². The molecule has 0 fully saturated rings. The van der Waals surface area contributed by atoms with E-state index < -0.39 is 0 Å². The standard InChI is InChI=1S/C19H24N4O/c1-11(2)20-19-21-15-10-14(5-6-16(15)24-19)18-13(4)23-8-7-12(3)9-17(23)22-18/h5-6,10-12H,7-9H2,1-4H3,(H,20,21). The number of hydrogen-bond donors (Lipinski definition) is 1. The highest BCUT2D eigenvalue weighted by atomic mass is 16.4. The van der Waals surface area contributed by atoms with E-state index in [9.17, 15) is 0 Å². The van der Waals surface area contributed by atoms with Crippen LogP contribution in [0, 0.1) is 12.8 Å². The fourth-order valence-electron chi connectivity index (χ4n) is 3.46. The molecule has 5 heteroatoms. The average molecular weight is 324 g/mol. The van der Waals surface area contributed by atoms with Crippen molar-refractivity contribution in [2.45, 2.75) is 53.1 Å². The average Bonchev–Trinajstić information content (AvgIpc) is 3.06. The predicted molar refractivity (Wildman–Crippen MR) is 96.2 cm³/mol. The molecule has 1 aromatic carbocycles. The summed E-state index contributed by atoms with van der Waals surface area (Å²) in [5.41, 5.74) is 5.10. The van der Waals surface area contributed by atoms with Gasteiger partial charge >= 0.3 is 0 Å². The number of rotatable bonds is 3. The molecule has 0 saturated carbocycles. The first-order chi connectivity index (χ1) is 11.5. The molecule has 1 aliphatic rings. The van der Waals surface area contributed by atoms with Crippen molar-refractivity contribution < 1.29 is 4.42 Å². The summed E-state index contributed by atoms with van der Waals surface area (Å²) in [5.74, 6) is 1.93. The van der Waals surface area contributed by atoms with Crippen molar-refractivity contribution in [3.63, 3.8) is 0 Å². The number of benzene rings is 1. The molecule has 126 valence electrons. The van der Waals surface area contributed by atoms with Gasteiger partial charge in [-0.15, -0.1) is 0 Å². The van der Waals surface area contributed by atoms with Crippen LogP contribution in [-0.2, 0) is 13.0 Å². The van der Waals surface area contributed by atoms with Crippen LogP contribution in [0.5, 0.6) is 0 Å². The largest absolute Gasteiger partial charge is 0.424 e. The van der Waals surface area contributed by atoms with Gasteiger partial charge in [-0.25, -0.2) is 4.98 Å². The molecule has 5 nitrogen and oxygen atoms in total. The first kappa shape index (κ1) is 15.2. The van der Waals surface area contributed by atoms with E-state index in [-0.39, 0.29) is 0 Å². The molecule has 4 rings (SSSR count). The second-order valence-electron chi connectivity index (χ2n) is 7.21. The molecule has 0 amide bonds. The summed E-state index contributed by atoms with van der Waals surface area (Å²) < 4.78 is 8.12. The minimum atomic E-state index is 0.293. The van der Waals surface area contributed by atoms with Gasteiger partial charge in [0.1, 0.15) is 11.3 Å². The number of anilines is 1. The Hall–Kier alpha value is -2.30. The van der Waals surface area contributed by atoms with Crippen LogP contribution in [0.1, 0.15) is 38.7 Å². The van der Waals surface area contributed by atoms with E-state index in [1.165, 1.54) is 17.9 Å². The SMILES string of the molecule is Cc1c(-c2ccc3oc(NC(C)C)nc3c2)nc2n1CCC(C)C2. The number of imidazole rings is 1. The normalized spacial score (nSPS) is 17.5. The summed E-state index contributed by atoms with van der Waals surface area (Å²) in [7, 11) is 0. The summed E-state index contributed by atoms with van der Waals surface area (Å²) in [6.07, 6.45) is 2.30. The Kier molecular flexibility index (Phi) is 3.59. The Balaban J connectivity index is 1.74. The first-order valence-corrected chi connectivity index (χ1v) is 8.74. The van der Waals surface area contributed by atoms with Crippen LogP contribution in [0.25, 0.3) is 22.4 Å². The van der Waals surface area contributed by atoms with Crippen LogP contribution in [0.15, 0.2) is 22.6 Å². The fraction of sp³-hybridized carbons (Fsp3) is 0.474. The van der Waals surface area contributed by atoms with Gasteiger partial charge < -0.3 is 14.3 Å². The monoisotopic (exact) mass is 324 g/mol. The second-order valence-corrected chi connectivity index (χ2v) is 7.21. The lowest BCUT2D eigenvalue weighted by Crippen LogP contribution is -2.17. The van der Waals surface area contributed by atoms with Gasteiger partial charge in [-0.3, -0.25) is 0 Å². The molecule has 24 heavy (non-hydrogen) atoms. The zero-order chi connectivity index (χ0) is 16.8. The molecule has 0 saturated heterocycles. The van der Waals surface area contributed by atoms with Crippen LogP contribution >= 0.6 is 0 Å². The maximum atomic E-state index is 5.75. The van der Waals surface area contributed by atoms with E-state index >= 15 is 0 Å². The van der Waals surface area contributed by atoms with Crippen LogP contribution in [-0.4, -0.2) is 20.6 Å². The third-order valence-corrected chi connectivity index (χ3v) is 4.75. The molecule has 1 aliphatic heterocycles. The lowest BCUT2D eigenvalue weighted by Gasteiger charge is -2.20. The van der Waals surface area contributed by atoms with Gasteiger partial charge in [0.25, 0.3) is 6.01 Å². The smallest absolute Gasteiger partial charge is 0.295 e. The number of aromatic nitrogens is 3. The van der Waals surface area contributed by atoms with E-state index in [4.69, 9.17) is 9.40 Å². The third-order valence-electron chi connectivity index (χ3n) is 4.75. The molecule has 0 spiro atoms. The van der Waals surface area contributed by atoms with Crippen molar-refractivity contribution in [3.8, 4) is 11.3 Å². The molecular formula is C19H24N4O. The van der Waals surface area contributed by atoms with Crippen LogP contribution in [0.4, 0.5) is 6.01 Å². The Morgan fingerprint density at radius 3 is 2.92 bits per heavy atom. The zero-order valence-electron chi connectivity index (χ0n) is 14.8. The van der Waals surface area contributed by atoms with Crippen LogP contribution in [0.2, 0.25) is 0 Å². The molecule has 3 heterocycles. The summed E-state index contributed by atoms with van der Waals surface area (Å²) >= 11 is 0. The zero-order valence-corrected chi connectivity index (χ0v) is 14.8. The van der Waals surface area contributed by atoms with Gasteiger partial charge in [-0.1, -0.05) is 6.92 Å². The molecule has 0 aliphatic carbocycles. The number of nitrogens with zero attached hydrogens (tertiary/aromatic N) is 3. The number of hydrogen-bond acceptors (Lipinski definition) is 4. The number of oxazole rings is 1. The molecule has 3 aromatic rings. The Morgan fingerprint density at radius 2 is 2.12 bits per heavy atom. The van der Waals surface area contributed by atoms with Gasteiger partial charge in [0.05, 0.1) is 5.69 Å². The summed E-state index contributed by atoms with van der Waals surface area (Å²) in [6, 6.07) is 7.02. The van der Waals surface area contributed by atoms with Crippen LogP contribution < -0.4 is 5.32 Å². The van der Waals surface area contributed by atoms with Gasteiger partial charge in [0, 0.05) is 30.3 Å². The second kappa shape index (κ2) is 5.65. The van der Waals surface area contributed by atoms with Gasteiger partial charge in [-0.05, 0) is 51.3 Å². The maximum Gasteiger partial charge on any atom is 0.295 e. The molecule has 1 N–H and O–H groups in total. The molecule has 0 bridgehead atoms. The van der Waals surface area contributed by atoms with E-state index in [0.717, 1.165) is 41.2 Å². The number of fused-ring (bicyclic) bond motifs is 2. The summed E-state index contributed by atoms with van der Waals surface area (Å²) in [4.78, 5) is 9.47. The Labute approximate surface area is 142 Å². The molecule has 1 atom stereocenters. The molecule has 2 aromatic heterocycles. The lowest BCUT2D eigenvalue weighted by atomic mass is 10.0. The van der Waals surface area contributed by atoms with E-state index in [2.05, 4.69) is 54.7 Å². The van der Waals surface area contributed by atoms with Gasteiger partial charge in [-0.2, -0.15) is 4.98 Å². The van der Waals surface area contributed by atoms with E-state index in [0.29, 0.717) is 12.1 Å². The van der Waals surface area contributed by atoms with Crippen molar-refractivity contribution in [2.75, 3.05) is 5.32 Å². The van der Waals surface area contributed by atoms with Crippen molar-refractivity contribution in [2.24, 2.45) is 5.92 Å². The Morgan fingerprint density at radius 1 is 1.29 bits per heavy atom. The van der Waals surface area contributed by atoms with Crippen molar-refractivity contribution in [1.82, 2.24) is 14.5 Å². The van der Waals surface area contributed by atoms with E-state index in [1.54, 1.807) is 0 Å². The van der Waals surface area contributed by atoms with Crippen LogP contribution in [0.3, 0.4) is 0 Å². The van der Waals surface area contributed by atoms with Gasteiger partial charge in [0.2, 0.25) is 0 Å². The van der Waals surface area contributed by atoms with Crippen molar-refractivity contribution in [1.29, 1.82) is 0 Å². The highest BCUT2D eigenvalue weighted by Gasteiger charge is 2.21. The Bertz CT molecular complexity index is 890. The molecule has 1 unspecified atom stereocenters. The minimum Gasteiger partial charge on any atom is -0.424 e. The van der Waals surface area contributed by atoms with Gasteiger partial charge in [0.15, 0.2) is 5.58 Å². The van der Waals surface area contributed by atoms with E-state index in [1.807, 2.05) is 6.07 Å². The topological polar surface area (TPSA) is 55.9 Å². The fourth-order valence-corrected chi connectivity index (χ4v) is 3.46. The minimum absolute atomic E-state index is 0.293. The lowest BCUT2D eigenvalue weighted by molar-refractivity contribution is 0.405. The first-order valence-electron chi connectivity index (χ1n) is 8.74. The molecular weight excluding hydrogens is 300 g/mol. The number of nitrogens with one attached hydrogen (secondary N) is 1. The maximum absolute atomic E-state index is 5.75. The summed E-state index contributed by atoms with van der Waals surface area (Å²) in [5, 5.41) is 3.21. The van der Waals surface area contributed by atoms with Crippen molar-refractivity contribution >= 4 is 17.1 Å². The summed E-state index contributed by atoms with van der Waals surface area (Å²) in [6.45, 7) is 9.68.